The van der Waals surface area contributed by atoms with Gasteiger partial charge in [-0.25, -0.2) is 19.2 Å². The minimum absolute atomic E-state index is 0.00949. The molecule has 0 radical (unpaired) electrons. The van der Waals surface area contributed by atoms with E-state index in [0.717, 1.165) is 12.1 Å². The molecule has 0 amide bonds. The molecule has 0 atom stereocenters. The minimum Gasteiger partial charge on any atom is -0.478 e. The Balaban J connectivity index is 1.99. The Labute approximate surface area is 180 Å². The first-order valence-electron chi connectivity index (χ1n) is 9.01. The van der Waals surface area contributed by atoms with E-state index in [1.54, 1.807) is 0 Å². The number of carboxylic acid groups (broad SMARTS) is 4. The van der Waals surface area contributed by atoms with Crippen LogP contribution in [0, 0.1) is 0 Å². The summed E-state index contributed by atoms with van der Waals surface area (Å²) in [6, 6.07) is 13.3. The van der Waals surface area contributed by atoms with Gasteiger partial charge < -0.3 is 31.1 Å². The van der Waals surface area contributed by atoms with E-state index in [2.05, 4.69) is 10.6 Å². The number of nitrogens with one attached hydrogen (secondary N) is 2. The Kier molecular flexibility index (Phi) is 6.06. The molecule has 3 aromatic carbocycles. The molecule has 10 heteroatoms. The van der Waals surface area contributed by atoms with E-state index in [0.29, 0.717) is 11.4 Å². The zero-order chi connectivity index (χ0) is 23.4. The zero-order valence-electron chi connectivity index (χ0n) is 16.2. The van der Waals surface area contributed by atoms with E-state index in [-0.39, 0.29) is 33.6 Å². The highest BCUT2D eigenvalue weighted by Crippen LogP contribution is 2.30. The van der Waals surface area contributed by atoms with Crippen molar-refractivity contribution in [3.63, 3.8) is 0 Å². The van der Waals surface area contributed by atoms with Gasteiger partial charge in [0.25, 0.3) is 0 Å². The molecule has 10 nitrogen and oxygen atoms in total. The summed E-state index contributed by atoms with van der Waals surface area (Å²) >= 11 is 0. The summed E-state index contributed by atoms with van der Waals surface area (Å²) in [6.45, 7) is 0. The molecule has 3 aromatic rings. The summed E-state index contributed by atoms with van der Waals surface area (Å²) in [5.74, 6) is -4.89. The highest BCUT2D eigenvalue weighted by molar-refractivity contribution is 6.03. The second kappa shape index (κ2) is 8.88. The monoisotopic (exact) mass is 436 g/mol. The van der Waals surface area contributed by atoms with Crippen molar-refractivity contribution in [1.82, 2.24) is 0 Å². The summed E-state index contributed by atoms with van der Waals surface area (Å²) in [4.78, 5) is 45.6. The lowest BCUT2D eigenvalue weighted by Crippen LogP contribution is -2.09. The standard InChI is InChI=1S/C22H16N2O8/c25-19(26)11-1-5-13(6-2-11)23-17-9-16(22(31)32)18(10-15(17)21(29)30)24-14-7-3-12(4-8-14)20(27)28/h1-10,23-24H,(H,25,26)(H,27,28)(H,29,30)(H,31,32). The summed E-state index contributed by atoms with van der Waals surface area (Å²) in [6.07, 6.45) is 0. The average molecular weight is 436 g/mol. The first kappa shape index (κ1) is 21.8. The molecular formula is C22H16N2O8. The van der Waals surface area contributed by atoms with Crippen LogP contribution in [0.3, 0.4) is 0 Å². The van der Waals surface area contributed by atoms with E-state index in [1.165, 1.54) is 48.5 Å². The lowest BCUT2D eigenvalue weighted by atomic mass is 10.0. The molecule has 32 heavy (non-hydrogen) atoms. The number of benzene rings is 3. The molecule has 0 spiro atoms. The van der Waals surface area contributed by atoms with Crippen LogP contribution < -0.4 is 10.6 Å². The third-order valence-electron chi connectivity index (χ3n) is 4.44. The Morgan fingerprint density at radius 2 is 0.812 bits per heavy atom. The predicted octanol–water partition coefficient (Wildman–Crippen LogP) is 3.97. The number of carboxylic acids is 4. The van der Waals surface area contributed by atoms with Gasteiger partial charge in [0, 0.05) is 11.4 Å². The molecule has 0 unspecified atom stereocenters. The molecule has 0 fully saturated rings. The third kappa shape index (κ3) is 4.82. The zero-order valence-corrected chi connectivity index (χ0v) is 16.2. The Morgan fingerprint density at radius 3 is 1.06 bits per heavy atom. The van der Waals surface area contributed by atoms with Crippen molar-refractivity contribution in [2.24, 2.45) is 0 Å². The second-order valence-corrected chi connectivity index (χ2v) is 6.57. The van der Waals surface area contributed by atoms with Gasteiger partial charge in [-0.2, -0.15) is 0 Å². The number of hydrogen-bond donors (Lipinski definition) is 6. The number of rotatable bonds is 8. The fourth-order valence-electron chi connectivity index (χ4n) is 2.86. The van der Waals surface area contributed by atoms with Gasteiger partial charge in [0.15, 0.2) is 0 Å². The second-order valence-electron chi connectivity index (χ2n) is 6.57. The third-order valence-corrected chi connectivity index (χ3v) is 4.44. The van der Waals surface area contributed by atoms with Crippen molar-refractivity contribution in [3.05, 3.63) is 82.9 Å². The normalized spacial score (nSPS) is 10.2. The average Bonchev–Trinajstić information content (AvgIpc) is 2.74. The maximum Gasteiger partial charge on any atom is 0.337 e. The first-order valence-corrected chi connectivity index (χ1v) is 9.01. The van der Waals surface area contributed by atoms with Crippen molar-refractivity contribution in [2.75, 3.05) is 10.6 Å². The Morgan fingerprint density at radius 1 is 0.500 bits per heavy atom. The van der Waals surface area contributed by atoms with E-state index in [1.807, 2.05) is 0 Å². The van der Waals surface area contributed by atoms with Gasteiger partial charge in [0.1, 0.15) is 0 Å². The summed E-state index contributed by atoms with van der Waals surface area (Å²) in [7, 11) is 0. The van der Waals surface area contributed by atoms with Crippen molar-refractivity contribution in [1.29, 1.82) is 0 Å². The molecule has 0 bridgehead atoms. The van der Waals surface area contributed by atoms with Crippen molar-refractivity contribution in [3.8, 4) is 0 Å². The maximum absolute atomic E-state index is 11.8. The molecule has 0 aromatic heterocycles. The first-order chi connectivity index (χ1) is 15.2. The molecule has 0 aliphatic heterocycles. The van der Waals surface area contributed by atoms with Gasteiger partial charge in [-0.15, -0.1) is 0 Å². The molecule has 0 saturated heterocycles. The van der Waals surface area contributed by atoms with E-state index >= 15 is 0 Å². The van der Waals surface area contributed by atoms with E-state index in [9.17, 15) is 29.4 Å². The van der Waals surface area contributed by atoms with Crippen molar-refractivity contribution in [2.45, 2.75) is 0 Å². The summed E-state index contributed by atoms with van der Waals surface area (Å²) in [5, 5.41) is 42.8. The molecule has 6 N–H and O–H groups in total. The SMILES string of the molecule is O=C(O)c1ccc(Nc2cc(C(=O)O)c(Nc3ccc(C(=O)O)cc3)cc2C(=O)O)cc1. The van der Waals surface area contributed by atoms with E-state index < -0.39 is 23.9 Å². The number of aromatic carboxylic acids is 4. The molecule has 0 saturated carbocycles. The lowest BCUT2D eigenvalue weighted by Gasteiger charge is -2.16. The number of anilines is 4. The Hall–Kier alpha value is -4.86. The molecule has 0 heterocycles. The van der Waals surface area contributed by atoms with Crippen LogP contribution in [0.25, 0.3) is 0 Å². The van der Waals surface area contributed by atoms with Gasteiger partial charge in [0.05, 0.1) is 33.6 Å². The van der Waals surface area contributed by atoms with Gasteiger partial charge >= 0.3 is 23.9 Å². The Bertz CT molecular complexity index is 1120. The lowest BCUT2D eigenvalue weighted by molar-refractivity contribution is 0.0683. The summed E-state index contributed by atoms with van der Waals surface area (Å²) < 4.78 is 0. The van der Waals surface area contributed by atoms with Crippen LogP contribution in [-0.2, 0) is 0 Å². The van der Waals surface area contributed by atoms with Crippen LogP contribution in [0.15, 0.2) is 60.7 Å². The quantitative estimate of drug-likeness (QED) is 0.303. The molecule has 0 aliphatic rings. The smallest absolute Gasteiger partial charge is 0.337 e. The minimum atomic E-state index is -1.32. The highest BCUT2D eigenvalue weighted by Gasteiger charge is 2.19. The molecular weight excluding hydrogens is 420 g/mol. The van der Waals surface area contributed by atoms with Crippen LogP contribution in [0.5, 0.6) is 0 Å². The van der Waals surface area contributed by atoms with Crippen LogP contribution >= 0.6 is 0 Å². The maximum atomic E-state index is 11.8. The van der Waals surface area contributed by atoms with Crippen LogP contribution in [0.1, 0.15) is 41.4 Å². The van der Waals surface area contributed by atoms with Gasteiger partial charge in [-0.3, -0.25) is 0 Å². The fourth-order valence-corrected chi connectivity index (χ4v) is 2.86. The van der Waals surface area contributed by atoms with Gasteiger partial charge in [0.2, 0.25) is 0 Å². The fraction of sp³-hybridized carbons (Fsp3) is 0. The van der Waals surface area contributed by atoms with Crippen molar-refractivity contribution < 1.29 is 39.6 Å². The molecule has 162 valence electrons. The van der Waals surface area contributed by atoms with Crippen LogP contribution in [-0.4, -0.2) is 44.3 Å². The number of carbonyl (C=O) groups is 4. The van der Waals surface area contributed by atoms with E-state index in [4.69, 9.17) is 10.2 Å². The summed E-state index contributed by atoms with van der Waals surface area (Å²) in [5.41, 5.74) is 0.304. The predicted molar refractivity (Wildman–Crippen MR) is 114 cm³/mol. The number of hydrogen-bond acceptors (Lipinski definition) is 6. The van der Waals surface area contributed by atoms with Crippen molar-refractivity contribution >= 4 is 46.6 Å². The molecule has 0 aliphatic carbocycles. The largest absolute Gasteiger partial charge is 0.478 e. The highest BCUT2D eigenvalue weighted by atomic mass is 16.4. The van der Waals surface area contributed by atoms with Gasteiger partial charge in [-0.05, 0) is 60.7 Å². The van der Waals surface area contributed by atoms with Gasteiger partial charge in [-0.1, -0.05) is 0 Å². The van der Waals surface area contributed by atoms with Crippen LogP contribution in [0.4, 0.5) is 22.7 Å². The molecule has 3 rings (SSSR count). The van der Waals surface area contributed by atoms with Crippen LogP contribution in [0.2, 0.25) is 0 Å². The topological polar surface area (TPSA) is 173 Å².